The van der Waals surface area contributed by atoms with E-state index in [1.54, 1.807) is 168 Å². The Balaban J connectivity index is 0.000000726. The lowest BCUT2D eigenvalue weighted by molar-refractivity contribution is 0.292. The lowest BCUT2D eigenvalue weighted by Gasteiger charge is -1.82. The zero-order chi connectivity index (χ0) is 99.0. The molecule has 140 heavy (non-hydrogen) atoms. The molecule has 0 amide bonds. The Morgan fingerprint density at radius 1 is 0.257 bits per heavy atom. The molecule has 28 heterocycles. The van der Waals surface area contributed by atoms with Crippen molar-refractivity contribution in [1.82, 2.24) is 296 Å². The first kappa shape index (κ1) is 118. The summed E-state index contributed by atoms with van der Waals surface area (Å²) in [6, 6.07) is 17.1. The molecular weight excluding hydrogens is 2020 g/mol. The van der Waals surface area contributed by atoms with E-state index in [1.165, 1.54) is 195 Å². The molecule has 730 valence electrons. The van der Waals surface area contributed by atoms with Gasteiger partial charge in [0, 0.05) is 94.9 Å². The standard InChI is InChI=1S/C4H5N.C4H4O.C4H4S.C3H6N2.2C3H4N2.2C3H3NO.2C3H3NS.4C2H3N3.4C2H2N2O.4C2H2N2S.2CH2N4.2CHN3O.2CHN3S/c3*1-2-4-5-3-1;2*1-2-5-3-4-1;1-2-4-5-3-1;1-2-5-3-4-1;1-2-4-5-3-1;1-2-5-3-4-1;1-2-4-5-3-1;2*1-3-2-5-4-1;2*1-2-4-5-3-1;1-3-4-2-5-1;1-3-2-5-4-1;1-2-5-4-3-1;1-2-4-5-3-1;1-3-4-2-5-1;1-3-2-5-4-1;1-2-5-4-3-1;3*1-2-4-5-3-1;1-2-3-4-5-1;1-2-4-5-3-1;1-2-3-4-5-1;1-2-4-5-3-1/h1-5H;2*1-4H;1-2,4-5H,3H2;2*1-3H,(H,4,5);4*1-3H;4*1-2H,(H,3,4,5);8*1-2H;2*1H,(H,2,3,4,5);4*1H. The minimum absolute atomic E-state index is 0.889. The summed E-state index contributed by atoms with van der Waals surface area (Å²) in [6.07, 6.45) is 66.5. The molecule has 1 aliphatic rings. The Morgan fingerprint density at radius 3 is 1.20 bits per heavy atom. The number of oxazole rings is 1. The van der Waals surface area contributed by atoms with Gasteiger partial charge in [0.25, 0.3) is 0 Å². The van der Waals surface area contributed by atoms with Crippen LogP contribution in [0.3, 0.4) is 0 Å². The number of aromatic amines is 9. The fourth-order valence-corrected chi connectivity index (χ4v) is 7.26. The number of aromatic nitrogens is 57. The van der Waals surface area contributed by atoms with E-state index in [0.29, 0.717) is 0 Å². The first-order valence-corrected chi connectivity index (χ1v) is 43.4. The highest BCUT2D eigenvalue weighted by atomic mass is 32.1. The average molecular weight is 2090 g/mol. The number of H-pyrrole nitrogens is 9. The monoisotopic (exact) mass is 2090 g/mol. The van der Waals surface area contributed by atoms with Gasteiger partial charge in [0.1, 0.15) is 72.5 Å². The van der Waals surface area contributed by atoms with Crippen LogP contribution in [0.25, 0.3) is 0 Å². The molecule has 0 unspecified atom stereocenters. The summed E-state index contributed by atoms with van der Waals surface area (Å²) in [6.45, 7) is 0.889. The third-order valence-corrected chi connectivity index (χ3v) is 13.2. The van der Waals surface area contributed by atoms with Crippen LogP contribution < -0.4 is 10.6 Å². The predicted molar refractivity (Wildman–Crippen MR) is 489 cm³/mol. The van der Waals surface area contributed by atoms with Crippen molar-refractivity contribution >= 4 is 104 Å². The summed E-state index contributed by atoms with van der Waals surface area (Å²) in [5.74, 6) is 0. The van der Waals surface area contributed by atoms with Crippen molar-refractivity contribution in [3.05, 3.63) is 378 Å². The third kappa shape index (κ3) is 112. The first-order valence-electron chi connectivity index (χ1n) is 35.8. The van der Waals surface area contributed by atoms with Gasteiger partial charge in [-0.3, -0.25) is 20.3 Å². The summed E-state index contributed by atoms with van der Waals surface area (Å²) < 4.78 is 66.9. The van der Waals surface area contributed by atoms with Crippen LogP contribution in [-0.4, -0.2) is 293 Å². The molecule has 68 nitrogen and oxygen atoms in total. The van der Waals surface area contributed by atoms with Crippen molar-refractivity contribution in [3.8, 4) is 0 Å². The van der Waals surface area contributed by atoms with Crippen LogP contribution in [0.1, 0.15) is 0 Å². The SMILES string of the molecule is C1=CNCN1.c1c[nH]cn1.c1cc[nH]c1.c1ccoc1.c1ccsc1.c1cn[nH]c1.c1cn[nH]n1.c1cn[nH]n1.c1cnoc1.c1cnon1.c1cnsc1.c1cnsn1.c1cocn1.c1conn1.c1cscn1.c1csnn1.c1nc[nH]n1.c1nc[nH]n1.c1ncon1.c1ncsn1.c1nn[nH]n1.c1nn[nH]n1.c1nnco1.c1nncs1.c1nnno1.c1nnns1.c1nnon1.c1nnsn1. The van der Waals surface area contributed by atoms with E-state index in [-0.39, 0.29) is 0 Å². The second-order valence-electron chi connectivity index (χ2n) is 18.0. The Labute approximate surface area is 820 Å². The Bertz CT molecular complexity index is 3580. The average Bonchev–Trinajstić information content (AvgIpc) is 4.82. The topological polar surface area (TPSA) is 903 Å². The van der Waals surface area contributed by atoms with E-state index < -0.39 is 0 Å². The molecule has 77 heteroatoms. The number of hydrogen-bond donors (Lipinski definition) is 11. The van der Waals surface area contributed by atoms with E-state index in [2.05, 4.69) is 337 Å². The van der Waals surface area contributed by atoms with Crippen molar-refractivity contribution < 1.29 is 40.6 Å². The molecule has 0 radical (unpaired) electrons. The number of nitrogens with one attached hydrogen (secondary N) is 11. The highest BCUT2D eigenvalue weighted by Crippen LogP contribution is 1.92. The van der Waals surface area contributed by atoms with E-state index in [4.69, 9.17) is 0 Å². The molecule has 0 fully saturated rings. The van der Waals surface area contributed by atoms with Crippen molar-refractivity contribution in [2.75, 3.05) is 6.67 Å². The van der Waals surface area contributed by atoms with E-state index in [9.17, 15) is 0 Å². The van der Waals surface area contributed by atoms with Gasteiger partial charge in [-0.15, -0.1) is 83.9 Å². The van der Waals surface area contributed by atoms with Crippen LogP contribution in [-0.2, 0) is 0 Å². The molecule has 0 aliphatic carbocycles. The van der Waals surface area contributed by atoms with Crippen molar-refractivity contribution in [3.63, 3.8) is 0 Å². The van der Waals surface area contributed by atoms with Crippen LogP contribution in [0.15, 0.2) is 419 Å². The van der Waals surface area contributed by atoms with Crippen molar-refractivity contribution in [2.45, 2.75) is 0 Å². The molecule has 0 aromatic carbocycles. The Morgan fingerprint density at radius 2 is 1.02 bits per heavy atom. The van der Waals surface area contributed by atoms with Gasteiger partial charge >= 0.3 is 0 Å². The van der Waals surface area contributed by atoms with Crippen LogP contribution >= 0.6 is 104 Å². The lowest BCUT2D eigenvalue weighted by Crippen LogP contribution is -2.10. The quantitative estimate of drug-likeness (QED) is 0.0731. The molecule has 0 atom stereocenters. The van der Waals surface area contributed by atoms with Gasteiger partial charge in [-0.1, -0.05) is 66.8 Å². The summed E-state index contributed by atoms with van der Waals surface area (Å²) >= 11 is 12.5. The number of nitrogens with zero attached hydrogens (tertiary/aromatic N) is 48. The summed E-state index contributed by atoms with van der Waals surface area (Å²) in [4.78, 5) is 30.8. The van der Waals surface area contributed by atoms with Crippen LogP contribution in [0.4, 0.5) is 0 Å². The lowest BCUT2D eigenvalue weighted by atomic mass is 10.7. The van der Waals surface area contributed by atoms with Gasteiger partial charge in [-0.25, -0.2) is 43.5 Å². The fourth-order valence-electron chi connectivity index (χ4n) is 4.59. The van der Waals surface area contributed by atoms with Gasteiger partial charge in [0.2, 0.25) is 25.6 Å². The molecule has 27 aromatic rings. The molecule has 27 aromatic heterocycles. The second kappa shape index (κ2) is 115. The summed E-state index contributed by atoms with van der Waals surface area (Å²) in [5.41, 5.74) is 8.40. The Hall–Kier alpha value is -19.7. The number of rotatable bonds is 0. The van der Waals surface area contributed by atoms with Gasteiger partial charge in [-0.2, -0.15) is 85.4 Å². The minimum atomic E-state index is 0.889. The number of thiazole rings is 1. The number of tetrazole rings is 2. The smallest absolute Gasteiger partial charge is 0.235 e. The van der Waals surface area contributed by atoms with Gasteiger partial charge in [-0.05, 0) is 103 Å². The zero-order valence-electron chi connectivity index (χ0n) is 70.8. The van der Waals surface area contributed by atoms with Crippen LogP contribution in [0, 0.1) is 0 Å². The molecule has 0 saturated carbocycles. The zero-order valence-corrected chi connectivity index (χ0v) is 78.2. The van der Waals surface area contributed by atoms with Crippen molar-refractivity contribution in [1.29, 1.82) is 0 Å². The maximum Gasteiger partial charge on any atom is 0.235 e. The van der Waals surface area contributed by atoms with Crippen LogP contribution in [0.5, 0.6) is 0 Å². The summed E-state index contributed by atoms with van der Waals surface area (Å²) in [7, 11) is 0. The largest absolute Gasteiger partial charge is 0.473 e. The highest BCUT2D eigenvalue weighted by Gasteiger charge is 1.78. The molecule has 28 rings (SSSR count). The van der Waals surface area contributed by atoms with Gasteiger partial charge < -0.3 is 51.9 Å². The van der Waals surface area contributed by atoms with E-state index in [0.717, 1.165) is 24.8 Å². The maximum atomic E-state index is 4.58. The normalized spacial score (nSPS) is 8.34. The maximum absolute atomic E-state index is 4.58. The van der Waals surface area contributed by atoms with Gasteiger partial charge in [0.15, 0.2) is 38.0 Å². The fraction of sp³-hybridized carbons (Fsp3) is 0.0159. The highest BCUT2D eigenvalue weighted by molar-refractivity contribution is 7.08. The number of thiophene rings is 1. The predicted octanol–water partition coefficient (Wildman–Crippen LogP) is 6.95. The Kier molecular flexibility index (Phi) is 97.5. The summed E-state index contributed by atoms with van der Waals surface area (Å²) in [5, 5.41) is 142. The van der Waals surface area contributed by atoms with E-state index >= 15 is 0 Å². The van der Waals surface area contributed by atoms with E-state index in [1.807, 2.05) is 100 Å². The van der Waals surface area contributed by atoms with Crippen molar-refractivity contribution in [2.24, 2.45) is 0 Å². The first-order chi connectivity index (χ1) is 70.0. The molecule has 0 saturated heterocycles. The molecule has 0 spiro atoms. The van der Waals surface area contributed by atoms with Gasteiger partial charge in [0.05, 0.1) is 139 Å². The molecule has 1 aliphatic heterocycles. The number of furan rings is 1. The second-order valence-corrected chi connectivity index (χ2v) is 24.0. The molecular formula is C63H75N59O9S9. The third-order valence-electron chi connectivity index (χ3n) is 9.11. The number of imidazole rings is 1. The minimum Gasteiger partial charge on any atom is -0.473 e. The number of hydrogen-bond acceptors (Lipinski definition) is 68. The van der Waals surface area contributed by atoms with Crippen LogP contribution in [0.2, 0.25) is 0 Å². The molecule has 0 bridgehead atoms. The molecule has 11 N–H and O–H groups in total.